The summed E-state index contributed by atoms with van der Waals surface area (Å²) in [6.07, 6.45) is 4.63. The van der Waals surface area contributed by atoms with Crippen LogP contribution in [-0.2, 0) is 0 Å². The molecule has 0 aliphatic rings. The van der Waals surface area contributed by atoms with Gasteiger partial charge in [-0.15, -0.1) is 11.8 Å². The summed E-state index contributed by atoms with van der Waals surface area (Å²) in [4.78, 5) is 19.0. The zero-order valence-electron chi connectivity index (χ0n) is 10.8. The van der Waals surface area contributed by atoms with Crippen LogP contribution in [0.1, 0.15) is 5.56 Å². The van der Waals surface area contributed by atoms with Crippen LogP contribution >= 0.6 is 11.8 Å². The second-order valence-corrected chi connectivity index (χ2v) is 5.15. The minimum atomic E-state index is -0.404. The lowest BCUT2D eigenvalue weighted by Crippen LogP contribution is -2.17. The summed E-state index contributed by atoms with van der Waals surface area (Å²) < 4.78 is 15.4. The molecule has 1 N–H and O–H groups in total. The van der Waals surface area contributed by atoms with Crippen molar-refractivity contribution < 1.29 is 4.39 Å². The molecular formula is C13H11FN4OS. The average Bonchev–Trinajstić information content (AvgIpc) is 2.86. The molecule has 0 radical (unpaired) electrons. The van der Waals surface area contributed by atoms with Gasteiger partial charge in [0.25, 0.3) is 0 Å². The summed E-state index contributed by atoms with van der Waals surface area (Å²) in [5, 5.41) is 3.95. The van der Waals surface area contributed by atoms with Crippen LogP contribution < -0.4 is 5.69 Å². The number of hydrogen-bond acceptors (Lipinski definition) is 4. The highest BCUT2D eigenvalue weighted by Gasteiger charge is 2.15. The number of benzene rings is 1. The largest absolute Gasteiger partial charge is 0.349 e. The third-order valence-electron chi connectivity index (χ3n) is 3.09. The minimum absolute atomic E-state index is 0.337. The van der Waals surface area contributed by atoms with E-state index in [0.717, 1.165) is 15.0 Å². The number of aromatic amines is 1. The van der Waals surface area contributed by atoms with E-state index in [1.807, 2.05) is 13.2 Å². The summed E-state index contributed by atoms with van der Waals surface area (Å²) in [5.74, 6) is -0.350. The molecule has 7 heteroatoms. The number of hydrogen-bond donors (Lipinski definition) is 1. The zero-order valence-corrected chi connectivity index (χ0v) is 11.7. The summed E-state index contributed by atoms with van der Waals surface area (Å²) in [5.41, 5.74) is 1.80. The Kier molecular flexibility index (Phi) is 3.06. The average molecular weight is 290 g/mol. The standard InChI is InChI=1S/C13H11FN4OS/c1-7-3-8(10(14)4-11(7)20-2)9-5-17-18-12(9)15-6-16-13(18)19/h3-6H,1-2H3,(H,15,16,19). The summed E-state index contributed by atoms with van der Waals surface area (Å²) >= 11 is 1.49. The maximum atomic E-state index is 14.2. The van der Waals surface area contributed by atoms with Gasteiger partial charge in [-0.3, -0.25) is 4.98 Å². The number of H-pyrrole nitrogens is 1. The van der Waals surface area contributed by atoms with Crippen molar-refractivity contribution in [2.24, 2.45) is 0 Å². The molecular weight excluding hydrogens is 279 g/mol. The van der Waals surface area contributed by atoms with E-state index in [4.69, 9.17) is 0 Å². The maximum absolute atomic E-state index is 14.2. The predicted octanol–water partition coefficient (Wildman–Crippen LogP) is 2.25. The van der Waals surface area contributed by atoms with Crippen molar-refractivity contribution in [3.05, 3.63) is 46.5 Å². The van der Waals surface area contributed by atoms with Crippen LogP contribution in [0.3, 0.4) is 0 Å². The summed E-state index contributed by atoms with van der Waals surface area (Å²) in [7, 11) is 0. The molecule has 0 unspecified atom stereocenters. The Balaban J connectivity index is 2.29. The molecule has 2 aromatic heterocycles. The molecule has 1 aromatic carbocycles. The van der Waals surface area contributed by atoms with E-state index >= 15 is 0 Å². The maximum Gasteiger partial charge on any atom is 0.349 e. The summed E-state index contributed by atoms with van der Waals surface area (Å²) in [6, 6.07) is 3.24. The lowest BCUT2D eigenvalue weighted by atomic mass is 10.1. The number of nitrogens with zero attached hydrogens (tertiary/aromatic N) is 3. The number of thioether (sulfide) groups is 1. The number of fused-ring (bicyclic) bond motifs is 1. The molecule has 0 aliphatic heterocycles. The third kappa shape index (κ3) is 1.90. The molecule has 0 atom stereocenters. The Labute approximate surface area is 117 Å². The van der Waals surface area contributed by atoms with Gasteiger partial charge in [0.05, 0.1) is 12.5 Å². The van der Waals surface area contributed by atoms with Gasteiger partial charge in [0, 0.05) is 16.0 Å². The molecule has 0 aliphatic carbocycles. The molecule has 0 fully saturated rings. The Bertz CT molecular complexity index is 855. The quantitative estimate of drug-likeness (QED) is 0.735. The third-order valence-corrected chi connectivity index (χ3v) is 3.97. The topological polar surface area (TPSA) is 63.1 Å². The van der Waals surface area contributed by atoms with Crippen molar-refractivity contribution in [3.8, 4) is 11.1 Å². The molecule has 0 saturated heterocycles. The number of aryl methyl sites for hydroxylation is 1. The van der Waals surface area contributed by atoms with Gasteiger partial charge in [-0.2, -0.15) is 9.61 Å². The van der Waals surface area contributed by atoms with Gasteiger partial charge in [-0.1, -0.05) is 0 Å². The smallest absolute Gasteiger partial charge is 0.296 e. The highest BCUT2D eigenvalue weighted by atomic mass is 32.2. The molecule has 0 amide bonds. The number of rotatable bonds is 2. The first-order valence-electron chi connectivity index (χ1n) is 5.87. The lowest BCUT2D eigenvalue weighted by molar-refractivity contribution is 0.627. The molecule has 5 nitrogen and oxygen atoms in total. The van der Waals surface area contributed by atoms with Crippen LogP contribution in [-0.4, -0.2) is 25.8 Å². The Hall–Kier alpha value is -2.15. The molecule has 0 spiro atoms. The molecule has 2 heterocycles. The second kappa shape index (κ2) is 4.75. The predicted molar refractivity (Wildman–Crippen MR) is 75.5 cm³/mol. The van der Waals surface area contributed by atoms with Gasteiger partial charge in [-0.25, -0.2) is 14.2 Å². The van der Waals surface area contributed by atoms with Crippen molar-refractivity contribution in [1.29, 1.82) is 0 Å². The lowest BCUT2D eigenvalue weighted by Gasteiger charge is -2.07. The van der Waals surface area contributed by atoms with Crippen LogP contribution in [0.2, 0.25) is 0 Å². The van der Waals surface area contributed by atoms with E-state index in [0.29, 0.717) is 16.8 Å². The molecule has 102 valence electrons. The van der Waals surface area contributed by atoms with Crippen molar-refractivity contribution in [3.63, 3.8) is 0 Å². The molecule has 20 heavy (non-hydrogen) atoms. The number of halogens is 1. The van der Waals surface area contributed by atoms with E-state index in [1.165, 1.54) is 30.4 Å². The van der Waals surface area contributed by atoms with Crippen LogP contribution in [0.5, 0.6) is 0 Å². The van der Waals surface area contributed by atoms with Gasteiger partial charge < -0.3 is 0 Å². The van der Waals surface area contributed by atoms with E-state index in [9.17, 15) is 9.18 Å². The Morgan fingerprint density at radius 2 is 2.15 bits per heavy atom. The fourth-order valence-electron chi connectivity index (χ4n) is 2.10. The number of nitrogens with one attached hydrogen (secondary N) is 1. The van der Waals surface area contributed by atoms with Gasteiger partial charge >= 0.3 is 5.69 Å². The Morgan fingerprint density at radius 3 is 2.90 bits per heavy atom. The van der Waals surface area contributed by atoms with E-state index in [2.05, 4.69) is 15.1 Å². The molecule has 3 rings (SSSR count). The zero-order chi connectivity index (χ0) is 14.3. The first-order chi connectivity index (χ1) is 9.61. The second-order valence-electron chi connectivity index (χ2n) is 4.30. The van der Waals surface area contributed by atoms with Crippen LogP contribution in [0.4, 0.5) is 4.39 Å². The van der Waals surface area contributed by atoms with E-state index < -0.39 is 5.69 Å². The first-order valence-corrected chi connectivity index (χ1v) is 7.10. The Morgan fingerprint density at radius 1 is 1.35 bits per heavy atom. The highest BCUT2D eigenvalue weighted by molar-refractivity contribution is 7.98. The number of aromatic nitrogens is 4. The molecule has 0 saturated carbocycles. The van der Waals surface area contributed by atoms with Crippen molar-refractivity contribution in [1.82, 2.24) is 19.6 Å². The van der Waals surface area contributed by atoms with Gasteiger partial charge in [-0.05, 0) is 30.9 Å². The fraction of sp³-hybridized carbons (Fsp3) is 0.154. The van der Waals surface area contributed by atoms with E-state index in [1.54, 1.807) is 6.07 Å². The van der Waals surface area contributed by atoms with Crippen molar-refractivity contribution in [2.75, 3.05) is 6.26 Å². The van der Waals surface area contributed by atoms with Gasteiger partial charge in [0.1, 0.15) is 5.82 Å². The SMILES string of the molecule is CSc1cc(F)c(-c2cnn3c(=O)[nH]cnc23)cc1C. The van der Waals surface area contributed by atoms with Crippen LogP contribution in [0, 0.1) is 12.7 Å². The molecule has 3 aromatic rings. The molecule has 0 bridgehead atoms. The van der Waals surface area contributed by atoms with Crippen LogP contribution in [0.25, 0.3) is 16.8 Å². The summed E-state index contributed by atoms with van der Waals surface area (Å²) in [6.45, 7) is 1.92. The monoisotopic (exact) mass is 290 g/mol. The minimum Gasteiger partial charge on any atom is -0.296 e. The van der Waals surface area contributed by atoms with Crippen molar-refractivity contribution in [2.45, 2.75) is 11.8 Å². The first kappa shape index (κ1) is 12.9. The van der Waals surface area contributed by atoms with Gasteiger partial charge in [0.2, 0.25) is 0 Å². The highest BCUT2D eigenvalue weighted by Crippen LogP contribution is 2.31. The van der Waals surface area contributed by atoms with Crippen LogP contribution in [0.15, 0.2) is 34.3 Å². The van der Waals surface area contributed by atoms with Gasteiger partial charge in [0.15, 0.2) is 5.65 Å². The van der Waals surface area contributed by atoms with E-state index in [-0.39, 0.29) is 5.82 Å². The fourth-order valence-corrected chi connectivity index (χ4v) is 2.71. The normalized spacial score (nSPS) is 11.2. The van der Waals surface area contributed by atoms with Crippen molar-refractivity contribution >= 4 is 17.4 Å².